The molecule has 3 N–H and O–H groups in total. The highest BCUT2D eigenvalue weighted by Gasteiger charge is 2.40. The molecule has 2 rings (SSSR count). The van der Waals surface area contributed by atoms with Gasteiger partial charge >= 0.3 is 0 Å². The first-order valence-corrected chi connectivity index (χ1v) is 8.64. The van der Waals surface area contributed by atoms with Gasteiger partial charge in [-0.15, -0.1) is 0 Å². The van der Waals surface area contributed by atoms with Crippen molar-refractivity contribution in [3.63, 3.8) is 0 Å². The average Bonchev–Trinajstić information content (AvgIpc) is 2.23. The molecule has 0 spiro atoms. The van der Waals surface area contributed by atoms with Crippen molar-refractivity contribution >= 4 is 5.91 Å². The summed E-state index contributed by atoms with van der Waals surface area (Å²) in [6.07, 6.45) is 6.37. The lowest BCUT2D eigenvalue weighted by Gasteiger charge is -2.45. The molecule has 0 aliphatic heterocycles. The summed E-state index contributed by atoms with van der Waals surface area (Å²) in [5.74, 6) is 0.851. The molecule has 0 bridgehead atoms. The van der Waals surface area contributed by atoms with Crippen LogP contribution < -0.4 is 11.1 Å². The molecule has 0 radical (unpaired) electrons. The highest BCUT2D eigenvalue weighted by Crippen LogP contribution is 2.45. The first kappa shape index (κ1) is 16.8. The van der Waals surface area contributed by atoms with Crippen LogP contribution >= 0.6 is 0 Å². The van der Waals surface area contributed by atoms with E-state index in [1.165, 1.54) is 6.42 Å². The van der Waals surface area contributed by atoms with Crippen molar-refractivity contribution in [2.24, 2.45) is 28.4 Å². The second kappa shape index (κ2) is 5.91. The van der Waals surface area contributed by atoms with Crippen LogP contribution in [0.3, 0.4) is 0 Å². The van der Waals surface area contributed by atoms with Gasteiger partial charge in [-0.25, -0.2) is 0 Å². The Bertz CT molecular complexity index is 373. The van der Waals surface area contributed by atoms with Gasteiger partial charge < -0.3 is 11.1 Å². The van der Waals surface area contributed by atoms with E-state index >= 15 is 0 Å². The number of nitrogens with two attached hydrogens (primary N) is 1. The molecule has 3 nitrogen and oxygen atoms in total. The van der Waals surface area contributed by atoms with Gasteiger partial charge in [0.1, 0.15) is 0 Å². The Labute approximate surface area is 130 Å². The largest absolute Gasteiger partial charge is 0.353 e. The second-order valence-corrected chi connectivity index (χ2v) is 9.28. The Hall–Kier alpha value is -0.570. The molecule has 21 heavy (non-hydrogen) atoms. The lowest BCUT2D eigenvalue weighted by Crippen LogP contribution is -2.49. The van der Waals surface area contributed by atoms with Crippen LogP contribution in [0.15, 0.2) is 0 Å². The zero-order valence-corrected chi connectivity index (χ0v) is 14.5. The summed E-state index contributed by atoms with van der Waals surface area (Å²) in [5, 5.41) is 3.37. The van der Waals surface area contributed by atoms with Crippen LogP contribution in [0.5, 0.6) is 0 Å². The molecule has 2 saturated carbocycles. The molecule has 0 aromatic carbocycles. The van der Waals surface area contributed by atoms with Crippen LogP contribution in [0.1, 0.15) is 73.1 Å². The third kappa shape index (κ3) is 4.45. The van der Waals surface area contributed by atoms with E-state index in [-0.39, 0.29) is 17.9 Å². The number of hydrogen-bond acceptors (Lipinski definition) is 2. The lowest BCUT2D eigenvalue weighted by molar-refractivity contribution is -0.129. The maximum atomic E-state index is 12.7. The van der Waals surface area contributed by atoms with E-state index < -0.39 is 0 Å². The SMILES string of the molecule is CC1CC(N)CCC1C(=O)NC1CC(C)(C)CC(C)(C)C1. The maximum absolute atomic E-state index is 12.7. The van der Waals surface area contributed by atoms with Gasteiger partial charge in [-0.3, -0.25) is 4.79 Å². The fourth-order valence-electron chi connectivity index (χ4n) is 5.08. The molecule has 0 heterocycles. The smallest absolute Gasteiger partial charge is 0.223 e. The minimum Gasteiger partial charge on any atom is -0.353 e. The van der Waals surface area contributed by atoms with E-state index in [9.17, 15) is 4.79 Å². The average molecular weight is 294 g/mol. The Kier molecular flexibility index (Phi) is 4.72. The Balaban J connectivity index is 1.96. The number of carbonyl (C=O) groups excluding carboxylic acids is 1. The standard InChI is InChI=1S/C18H34N2O/c1-12-8-13(19)6-7-15(12)16(21)20-14-9-17(2,3)11-18(4,5)10-14/h12-15H,6-11,19H2,1-5H3,(H,20,21). The minimum absolute atomic E-state index is 0.165. The topological polar surface area (TPSA) is 55.1 Å². The highest BCUT2D eigenvalue weighted by atomic mass is 16.2. The van der Waals surface area contributed by atoms with Crippen molar-refractivity contribution < 1.29 is 4.79 Å². The van der Waals surface area contributed by atoms with Gasteiger partial charge in [0.2, 0.25) is 5.91 Å². The van der Waals surface area contributed by atoms with Gasteiger partial charge in [-0.05, 0) is 55.3 Å². The Morgan fingerprint density at radius 1 is 1.10 bits per heavy atom. The molecule has 122 valence electrons. The third-order valence-electron chi connectivity index (χ3n) is 5.45. The lowest BCUT2D eigenvalue weighted by atomic mass is 9.63. The monoisotopic (exact) mass is 294 g/mol. The first-order chi connectivity index (χ1) is 9.58. The molecule has 2 fully saturated rings. The number of amides is 1. The zero-order chi connectivity index (χ0) is 15.8. The number of rotatable bonds is 2. The highest BCUT2D eigenvalue weighted by molar-refractivity contribution is 5.79. The predicted octanol–water partition coefficient (Wildman–Crippen LogP) is 3.47. The molecular weight excluding hydrogens is 260 g/mol. The van der Waals surface area contributed by atoms with E-state index in [4.69, 9.17) is 5.73 Å². The molecule has 0 aromatic heterocycles. The van der Waals surface area contributed by atoms with Gasteiger partial charge in [-0.1, -0.05) is 34.6 Å². The van der Waals surface area contributed by atoms with E-state index in [2.05, 4.69) is 39.9 Å². The van der Waals surface area contributed by atoms with Crippen molar-refractivity contribution in [1.82, 2.24) is 5.32 Å². The second-order valence-electron chi connectivity index (χ2n) is 9.28. The van der Waals surface area contributed by atoms with Gasteiger partial charge in [-0.2, -0.15) is 0 Å². The molecule has 3 atom stereocenters. The van der Waals surface area contributed by atoms with E-state index in [1.54, 1.807) is 0 Å². The van der Waals surface area contributed by atoms with Crippen molar-refractivity contribution in [1.29, 1.82) is 0 Å². The van der Waals surface area contributed by atoms with Gasteiger partial charge in [0, 0.05) is 18.0 Å². The summed E-state index contributed by atoms with van der Waals surface area (Å²) >= 11 is 0. The fraction of sp³-hybridized carbons (Fsp3) is 0.944. The summed E-state index contributed by atoms with van der Waals surface area (Å²) in [4.78, 5) is 12.7. The number of carbonyl (C=O) groups is 1. The van der Waals surface area contributed by atoms with Crippen molar-refractivity contribution in [3.8, 4) is 0 Å². The van der Waals surface area contributed by atoms with Crippen LogP contribution in [-0.4, -0.2) is 18.0 Å². The summed E-state index contributed by atoms with van der Waals surface area (Å²) in [6.45, 7) is 11.5. The predicted molar refractivity (Wildman–Crippen MR) is 87.8 cm³/mol. The number of hydrogen-bond donors (Lipinski definition) is 2. The summed E-state index contributed by atoms with van der Waals surface area (Å²) < 4.78 is 0. The molecule has 3 unspecified atom stereocenters. The van der Waals surface area contributed by atoms with Gasteiger partial charge in [0.25, 0.3) is 0 Å². The normalized spacial score (nSPS) is 36.2. The van der Waals surface area contributed by atoms with E-state index in [0.29, 0.717) is 22.8 Å². The summed E-state index contributed by atoms with van der Waals surface area (Å²) in [5.41, 5.74) is 6.65. The third-order valence-corrected chi connectivity index (χ3v) is 5.45. The molecule has 3 heteroatoms. The number of nitrogens with one attached hydrogen (secondary N) is 1. The Morgan fingerprint density at radius 2 is 1.67 bits per heavy atom. The van der Waals surface area contributed by atoms with Crippen LogP contribution in [-0.2, 0) is 4.79 Å². The zero-order valence-electron chi connectivity index (χ0n) is 14.5. The van der Waals surface area contributed by atoms with Crippen LogP contribution in [0.4, 0.5) is 0 Å². The van der Waals surface area contributed by atoms with E-state index in [0.717, 1.165) is 32.1 Å². The fourth-order valence-corrected chi connectivity index (χ4v) is 5.08. The van der Waals surface area contributed by atoms with Crippen LogP contribution in [0, 0.1) is 22.7 Å². The first-order valence-electron chi connectivity index (χ1n) is 8.64. The maximum Gasteiger partial charge on any atom is 0.223 e. The molecule has 2 aliphatic rings. The van der Waals surface area contributed by atoms with E-state index in [1.807, 2.05) is 0 Å². The van der Waals surface area contributed by atoms with Crippen molar-refractivity contribution in [2.45, 2.75) is 85.2 Å². The molecule has 2 aliphatic carbocycles. The Morgan fingerprint density at radius 3 is 2.19 bits per heavy atom. The minimum atomic E-state index is 0.165. The van der Waals surface area contributed by atoms with Gasteiger partial charge in [0.15, 0.2) is 0 Å². The van der Waals surface area contributed by atoms with Crippen molar-refractivity contribution in [2.75, 3.05) is 0 Å². The van der Waals surface area contributed by atoms with Crippen LogP contribution in [0.25, 0.3) is 0 Å². The van der Waals surface area contributed by atoms with Crippen LogP contribution in [0.2, 0.25) is 0 Å². The van der Waals surface area contributed by atoms with Crippen molar-refractivity contribution in [3.05, 3.63) is 0 Å². The summed E-state index contributed by atoms with van der Waals surface area (Å²) in [7, 11) is 0. The molecular formula is C18H34N2O. The molecule has 0 saturated heterocycles. The van der Waals surface area contributed by atoms with Gasteiger partial charge in [0.05, 0.1) is 0 Å². The summed E-state index contributed by atoms with van der Waals surface area (Å²) in [6, 6.07) is 0.621. The molecule has 0 aromatic rings. The quantitative estimate of drug-likeness (QED) is 0.819. The molecule has 1 amide bonds.